The Balaban J connectivity index is 0.00000192. The minimum atomic E-state index is 0. The monoisotopic (exact) mass is 337 g/mol. The predicted octanol–water partition coefficient (Wildman–Crippen LogP) is 3.14. The highest BCUT2D eigenvalue weighted by Gasteiger charge is 2.25. The summed E-state index contributed by atoms with van der Waals surface area (Å²) in [5.41, 5.74) is 9.26. The van der Waals surface area contributed by atoms with Crippen molar-refractivity contribution in [3.8, 4) is 0 Å². The molecule has 2 aliphatic rings. The molecule has 1 aromatic rings. The number of anilines is 2. The van der Waals surface area contributed by atoms with Crippen LogP contribution in [0, 0.1) is 5.92 Å². The highest BCUT2D eigenvalue weighted by atomic mass is 35.5. The molecule has 2 unspecified atom stereocenters. The second kappa shape index (κ2) is 7.91. The fourth-order valence-corrected chi connectivity index (χ4v) is 3.85. The van der Waals surface area contributed by atoms with Crippen LogP contribution in [0.2, 0.25) is 0 Å². The summed E-state index contributed by atoms with van der Waals surface area (Å²) in [6.07, 6.45) is 6.96. The molecule has 0 radical (unpaired) electrons. The van der Waals surface area contributed by atoms with Crippen LogP contribution in [0.3, 0.4) is 0 Å². The molecule has 128 valence electrons. The topological polar surface area (TPSA) is 58.4 Å². The SMILES string of the molecule is CC1CCCCC1NC(=O)CN1CCCc2c(N)cccc21.Cl. The number of halogens is 1. The Hall–Kier alpha value is -1.42. The van der Waals surface area contributed by atoms with Gasteiger partial charge < -0.3 is 16.0 Å². The molecule has 4 nitrogen and oxygen atoms in total. The molecule has 1 heterocycles. The maximum absolute atomic E-state index is 12.4. The first-order valence-corrected chi connectivity index (χ1v) is 8.57. The van der Waals surface area contributed by atoms with Crippen LogP contribution in [-0.4, -0.2) is 25.0 Å². The molecule has 0 saturated heterocycles. The fourth-order valence-electron chi connectivity index (χ4n) is 3.85. The maximum atomic E-state index is 12.4. The van der Waals surface area contributed by atoms with Crippen molar-refractivity contribution in [1.29, 1.82) is 0 Å². The van der Waals surface area contributed by atoms with Gasteiger partial charge in [0.2, 0.25) is 5.91 Å². The molecule has 1 aromatic carbocycles. The van der Waals surface area contributed by atoms with Crippen molar-refractivity contribution in [2.45, 2.75) is 51.5 Å². The van der Waals surface area contributed by atoms with Gasteiger partial charge in [-0.1, -0.05) is 25.8 Å². The summed E-state index contributed by atoms with van der Waals surface area (Å²) in [5.74, 6) is 0.746. The summed E-state index contributed by atoms with van der Waals surface area (Å²) in [6, 6.07) is 6.37. The van der Waals surface area contributed by atoms with Crippen LogP contribution in [0.4, 0.5) is 11.4 Å². The number of hydrogen-bond acceptors (Lipinski definition) is 3. The number of nitrogens with zero attached hydrogens (tertiary/aromatic N) is 1. The number of hydrogen-bond donors (Lipinski definition) is 2. The van der Waals surface area contributed by atoms with E-state index in [1.54, 1.807) is 0 Å². The third-order valence-electron chi connectivity index (χ3n) is 5.18. The molecule has 2 atom stereocenters. The van der Waals surface area contributed by atoms with Gasteiger partial charge in [0, 0.05) is 24.0 Å². The van der Waals surface area contributed by atoms with Gasteiger partial charge in [0.05, 0.1) is 6.54 Å². The molecular weight excluding hydrogens is 310 g/mol. The first kappa shape index (κ1) is 17.9. The van der Waals surface area contributed by atoms with E-state index in [0.29, 0.717) is 18.5 Å². The van der Waals surface area contributed by atoms with Gasteiger partial charge in [0.15, 0.2) is 0 Å². The average molecular weight is 338 g/mol. The molecule has 1 aliphatic carbocycles. The number of carbonyl (C=O) groups is 1. The van der Waals surface area contributed by atoms with E-state index in [1.807, 2.05) is 12.1 Å². The summed E-state index contributed by atoms with van der Waals surface area (Å²) in [4.78, 5) is 14.6. The van der Waals surface area contributed by atoms with Gasteiger partial charge in [-0.25, -0.2) is 0 Å². The zero-order valence-corrected chi connectivity index (χ0v) is 14.7. The number of carbonyl (C=O) groups excluding carboxylic acids is 1. The van der Waals surface area contributed by atoms with Crippen LogP contribution in [0.15, 0.2) is 18.2 Å². The number of benzene rings is 1. The van der Waals surface area contributed by atoms with E-state index in [9.17, 15) is 4.79 Å². The molecule has 0 aromatic heterocycles. The minimum Gasteiger partial charge on any atom is -0.398 e. The van der Waals surface area contributed by atoms with Crippen molar-refractivity contribution in [3.05, 3.63) is 23.8 Å². The smallest absolute Gasteiger partial charge is 0.239 e. The first-order valence-electron chi connectivity index (χ1n) is 8.57. The molecular formula is C18H28ClN3O. The fraction of sp³-hybridized carbons (Fsp3) is 0.611. The van der Waals surface area contributed by atoms with Crippen molar-refractivity contribution in [1.82, 2.24) is 5.32 Å². The van der Waals surface area contributed by atoms with E-state index in [0.717, 1.165) is 37.2 Å². The average Bonchev–Trinajstić information content (AvgIpc) is 2.51. The van der Waals surface area contributed by atoms with Crippen molar-refractivity contribution in [3.63, 3.8) is 0 Å². The van der Waals surface area contributed by atoms with Gasteiger partial charge in [-0.05, 0) is 49.3 Å². The maximum Gasteiger partial charge on any atom is 0.239 e. The second-order valence-electron chi connectivity index (χ2n) is 6.81. The summed E-state index contributed by atoms with van der Waals surface area (Å²) < 4.78 is 0. The van der Waals surface area contributed by atoms with Crippen molar-refractivity contribution < 1.29 is 4.79 Å². The molecule has 1 saturated carbocycles. The third-order valence-corrected chi connectivity index (χ3v) is 5.18. The zero-order valence-electron chi connectivity index (χ0n) is 13.9. The standard InChI is InChI=1S/C18H27N3O.ClH/c1-13-6-2-3-9-16(13)20-18(22)12-21-11-5-7-14-15(19)8-4-10-17(14)21;/h4,8,10,13,16H,2-3,5-7,9,11-12,19H2,1H3,(H,20,22);1H. The minimum absolute atomic E-state index is 0. The largest absolute Gasteiger partial charge is 0.398 e. The van der Waals surface area contributed by atoms with Crippen LogP contribution in [0.5, 0.6) is 0 Å². The predicted molar refractivity (Wildman–Crippen MR) is 98.2 cm³/mol. The lowest BCUT2D eigenvalue weighted by Crippen LogP contribution is -2.46. The lowest BCUT2D eigenvalue weighted by atomic mass is 9.86. The third kappa shape index (κ3) is 4.11. The van der Waals surface area contributed by atoms with Crippen molar-refractivity contribution in [2.75, 3.05) is 23.7 Å². The van der Waals surface area contributed by atoms with Crippen LogP contribution >= 0.6 is 12.4 Å². The molecule has 1 aliphatic heterocycles. The van der Waals surface area contributed by atoms with E-state index in [1.165, 1.54) is 24.8 Å². The Morgan fingerprint density at radius 1 is 1.30 bits per heavy atom. The van der Waals surface area contributed by atoms with E-state index >= 15 is 0 Å². The van der Waals surface area contributed by atoms with Gasteiger partial charge in [0.1, 0.15) is 0 Å². The number of fused-ring (bicyclic) bond motifs is 1. The molecule has 1 fully saturated rings. The second-order valence-corrected chi connectivity index (χ2v) is 6.81. The summed E-state index contributed by atoms with van der Waals surface area (Å²) >= 11 is 0. The number of nitrogens with two attached hydrogens (primary N) is 1. The van der Waals surface area contributed by atoms with Gasteiger partial charge >= 0.3 is 0 Å². The van der Waals surface area contributed by atoms with E-state index in [2.05, 4.69) is 23.2 Å². The number of nitrogen functional groups attached to an aromatic ring is 1. The Morgan fingerprint density at radius 3 is 2.87 bits per heavy atom. The molecule has 0 spiro atoms. The summed E-state index contributed by atoms with van der Waals surface area (Å²) in [6.45, 7) is 3.63. The van der Waals surface area contributed by atoms with Crippen molar-refractivity contribution in [2.24, 2.45) is 5.92 Å². The van der Waals surface area contributed by atoms with Crippen LogP contribution in [0.1, 0.15) is 44.6 Å². The van der Waals surface area contributed by atoms with E-state index < -0.39 is 0 Å². The molecule has 5 heteroatoms. The lowest BCUT2D eigenvalue weighted by molar-refractivity contribution is -0.121. The number of amides is 1. The molecule has 3 N–H and O–H groups in total. The van der Waals surface area contributed by atoms with Crippen LogP contribution in [0.25, 0.3) is 0 Å². The number of rotatable bonds is 3. The quantitative estimate of drug-likeness (QED) is 0.833. The van der Waals surface area contributed by atoms with E-state index in [-0.39, 0.29) is 18.3 Å². The summed E-state index contributed by atoms with van der Waals surface area (Å²) in [7, 11) is 0. The molecule has 3 rings (SSSR count). The first-order chi connectivity index (χ1) is 10.6. The van der Waals surface area contributed by atoms with E-state index in [4.69, 9.17) is 5.73 Å². The van der Waals surface area contributed by atoms with Crippen molar-refractivity contribution >= 4 is 29.7 Å². The Morgan fingerprint density at radius 2 is 2.09 bits per heavy atom. The van der Waals surface area contributed by atoms with Gasteiger partial charge in [-0.2, -0.15) is 0 Å². The highest BCUT2D eigenvalue weighted by molar-refractivity contribution is 5.85. The highest BCUT2D eigenvalue weighted by Crippen LogP contribution is 2.31. The zero-order chi connectivity index (χ0) is 15.5. The van der Waals surface area contributed by atoms with Gasteiger partial charge in [0.25, 0.3) is 0 Å². The van der Waals surface area contributed by atoms with Gasteiger partial charge in [-0.15, -0.1) is 12.4 Å². The van der Waals surface area contributed by atoms with Gasteiger partial charge in [-0.3, -0.25) is 4.79 Å². The summed E-state index contributed by atoms with van der Waals surface area (Å²) in [5, 5.41) is 3.25. The molecule has 0 bridgehead atoms. The Labute approximate surface area is 145 Å². The van der Waals surface area contributed by atoms with Crippen LogP contribution in [-0.2, 0) is 11.2 Å². The lowest BCUT2D eigenvalue weighted by Gasteiger charge is -2.33. The van der Waals surface area contributed by atoms with Crippen LogP contribution < -0.4 is 16.0 Å². The molecule has 1 amide bonds. The normalized spacial score (nSPS) is 23.6. The number of nitrogens with one attached hydrogen (secondary N) is 1. The Bertz CT molecular complexity index is 549. The molecule has 23 heavy (non-hydrogen) atoms. The Kier molecular flexibility index (Phi) is 6.17.